The third-order valence-electron chi connectivity index (χ3n) is 4.04. The molecule has 0 atom stereocenters. The lowest BCUT2D eigenvalue weighted by Crippen LogP contribution is -2.44. The lowest BCUT2D eigenvalue weighted by molar-refractivity contribution is 0.0674. The minimum atomic E-state index is 0. The number of aliphatic imine (C=N–C) groups is 1. The SMILES string of the molecule is Cc1cccc(-c2cccc(CN=C(N)N3CCOCC3)c2)c1.I. The monoisotopic (exact) mass is 437 g/mol. The van der Waals surface area contributed by atoms with Crippen molar-refractivity contribution in [2.75, 3.05) is 26.3 Å². The molecular weight excluding hydrogens is 413 g/mol. The second-order valence-corrected chi connectivity index (χ2v) is 5.84. The van der Waals surface area contributed by atoms with Gasteiger partial charge in [-0.3, -0.25) is 0 Å². The maximum atomic E-state index is 6.09. The molecule has 0 amide bonds. The first-order valence-electron chi connectivity index (χ1n) is 8.01. The van der Waals surface area contributed by atoms with Gasteiger partial charge in [0.25, 0.3) is 0 Å². The zero-order chi connectivity index (χ0) is 16.1. The average Bonchev–Trinajstić information content (AvgIpc) is 2.61. The Labute approximate surface area is 160 Å². The van der Waals surface area contributed by atoms with Crippen LogP contribution in [0, 0.1) is 6.92 Å². The zero-order valence-electron chi connectivity index (χ0n) is 13.9. The summed E-state index contributed by atoms with van der Waals surface area (Å²) in [4.78, 5) is 6.61. The van der Waals surface area contributed by atoms with Gasteiger partial charge in [-0.15, -0.1) is 24.0 Å². The first-order valence-corrected chi connectivity index (χ1v) is 8.01. The molecule has 1 heterocycles. The minimum Gasteiger partial charge on any atom is -0.378 e. The summed E-state index contributed by atoms with van der Waals surface area (Å²) in [7, 11) is 0. The van der Waals surface area contributed by atoms with Gasteiger partial charge in [0.2, 0.25) is 0 Å². The van der Waals surface area contributed by atoms with Crippen molar-refractivity contribution >= 4 is 29.9 Å². The summed E-state index contributed by atoms with van der Waals surface area (Å²) in [5, 5.41) is 0. The molecule has 128 valence electrons. The summed E-state index contributed by atoms with van der Waals surface area (Å²) in [5.74, 6) is 0.606. The van der Waals surface area contributed by atoms with Gasteiger partial charge in [0.1, 0.15) is 0 Å². The van der Waals surface area contributed by atoms with E-state index in [0.29, 0.717) is 12.5 Å². The minimum absolute atomic E-state index is 0. The van der Waals surface area contributed by atoms with Gasteiger partial charge in [-0.25, -0.2) is 4.99 Å². The van der Waals surface area contributed by atoms with Crippen LogP contribution in [0.5, 0.6) is 0 Å². The summed E-state index contributed by atoms with van der Waals surface area (Å²) < 4.78 is 5.33. The number of nitrogens with zero attached hydrogens (tertiary/aromatic N) is 2. The highest BCUT2D eigenvalue weighted by atomic mass is 127. The van der Waals surface area contributed by atoms with E-state index in [1.165, 1.54) is 22.3 Å². The molecule has 0 aliphatic carbocycles. The van der Waals surface area contributed by atoms with Crippen molar-refractivity contribution < 1.29 is 4.74 Å². The van der Waals surface area contributed by atoms with Crippen LogP contribution in [-0.4, -0.2) is 37.2 Å². The lowest BCUT2D eigenvalue weighted by atomic mass is 10.0. The van der Waals surface area contributed by atoms with Crippen molar-refractivity contribution in [1.29, 1.82) is 0 Å². The van der Waals surface area contributed by atoms with Crippen molar-refractivity contribution in [2.24, 2.45) is 10.7 Å². The number of hydrogen-bond acceptors (Lipinski definition) is 2. The molecule has 24 heavy (non-hydrogen) atoms. The summed E-state index contributed by atoms with van der Waals surface area (Å²) in [6.45, 7) is 5.79. The predicted octanol–water partition coefficient (Wildman–Crippen LogP) is 3.43. The van der Waals surface area contributed by atoms with Crippen LogP contribution in [0.4, 0.5) is 0 Å². The molecule has 3 rings (SSSR count). The maximum Gasteiger partial charge on any atom is 0.191 e. The van der Waals surface area contributed by atoms with Crippen molar-refractivity contribution in [1.82, 2.24) is 4.90 Å². The standard InChI is InChI=1S/C19H23N3O.HI/c1-15-4-2-6-17(12-15)18-7-3-5-16(13-18)14-21-19(20)22-8-10-23-11-9-22;/h2-7,12-13H,8-11,14H2,1H3,(H2,20,21);1H. The summed E-state index contributed by atoms with van der Waals surface area (Å²) in [5.41, 5.74) is 11.0. The van der Waals surface area contributed by atoms with Crippen molar-refractivity contribution in [2.45, 2.75) is 13.5 Å². The fourth-order valence-electron chi connectivity index (χ4n) is 2.74. The number of nitrogens with two attached hydrogens (primary N) is 1. The number of halogens is 1. The zero-order valence-corrected chi connectivity index (χ0v) is 16.3. The van der Waals surface area contributed by atoms with E-state index in [-0.39, 0.29) is 24.0 Å². The molecule has 1 aliphatic rings. The summed E-state index contributed by atoms with van der Waals surface area (Å²) in [6, 6.07) is 17.0. The van der Waals surface area contributed by atoms with Crippen LogP contribution in [0.1, 0.15) is 11.1 Å². The Bertz CT molecular complexity index is 697. The molecule has 0 aromatic heterocycles. The number of aryl methyl sites for hydroxylation is 1. The van der Waals surface area contributed by atoms with E-state index >= 15 is 0 Å². The van der Waals surface area contributed by atoms with Gasteiger partial charge in [0.15, 0.2) is 5.96 Å². The predicted molar refractivity (Wildman–Crippen MR) is 110 cm³/mol. The Balaban J connectivity index is 0.00000208. The number of ether oxygens (including phenoxy) is 1. The van der Waals surface area contributed by atoms with E-state index in [4.69, 9.17) is 10.5 Å². The highest BCUT2D eigenvalue weighted by Gasteiger charge is 2.11. The quantitative estimate of drug-likeness (QED) is 0.455. The van der Waals surface area contributed by atoms with E-state index in [0.717, 1.165) is 26.3 Å². The highest BCUT2D eigenvalue weighted by Crippen LogP contribution is 2.21. The first kappa shape index (κ1) is 18.7. The number of benzene rings is 2. The molecule has 5 heteroatoms. The second-order valence-electron chi connectivity index (χ2n) is 5.84. The van der Waals surface area contributed by atoms with Crippen LogP contribution in [0.3, 0.4) is 0 Å². The van der Waals surface area contributed by atoms with E-state index in [9.17, 15) is 0 Å². The molecule has 2 aromatic rings. The molecule has 1 aliphatic heterocycles. The Morgan fingerprint density at radius 3 is 2.46 bits per heavy atom. The lowest BCUT2D eigenvalue weighted by Gasteiger charge is -2.27. The van der Waals surface area contributed by atoms with Gasteiger partial charge in [0, 0.05) is 13.1 Å². The fraction of sp³-hybridized carbons (Fsp3) is 0.316. The van der Waals surface area contributed by atoms with Crippen LogP contribution < -0.4 is 5.73 Å². The van der Waals surface area contributed by atoms with Gasteiger partial charge in [-0.2, -0.15) is 0 Å². The van der Waals surface area contributed by atoms with E-state index in [2.05, 4.69) is 65.3 Å². The van der Waals surface area contributed by atoms with Gasteiger partial charge in [-0.1, -0.05) is 48.0 Å². The van der Waals surface area contributed by atoms with Crippen LogP contribution >= 0.6 is 24.0 Å². The van der Waals surface area contributed by atoms with Gasteiger partial charge >= 0.3 is 0 Å². The number of rotatable bonds is 3. The molecule has 0 unspecified atom stereocenters. The Kier molecular flexibility index (Phi) is 7.05. The molecule has 0 spiro atoms. The van der Waals surface area contributed by atoms with Crippen molar-refractivity contribution in [3.63, 3.8) is 0 Å². The number of morpholine rings is 1. The van der Waals surface area contributed by atoms with Crippen LogP contribution in [0.25, 0.3) is 11.1 Å². The van der Waals surface area contributed by atoms with Crippen molar-refractivity contribution in [3.05, 3.63) is 59.7 Å². The molecule has 1 saturated heterocycles. The molecule has 1 fully saturated rings. The smallest absolute Gasteiger partial charge is 0.191 e. The number of guanidine groups is 1. The third kappa shape index (κ3) is 4.95. The molecule has 4 nitrogen and oxygen atoms in total. The molecule has 2 N–H and O–H groups in total. The maximum absolute atomic E-state index is 6.09. The average molecular weight is 437 g/mol. The molecule has 0 saturated carbocycles. The third-order valence-corrected chi connectivity index (χ3v) is 4.04. The first-order chi connectivity index (χ1) is 11.2. The van der Waals surface area contributed by atoms with Crippen LogP contribution in [-0.2, 0) is 11.3 Å². The van der Waals surface area contributed by atoms with Gasteiger partial charge in [-0.05, 0) is 29.7 Å². The fourth-order valence-corrected chi connectivity index (χ4v) is 2.74. The molecule has 2 aromatic carbocycles. The van der Waals surface area contributed by atoms with E-state index in [1.54, 1.807) is 0 Å². The topological polar surface area (TPSA) is 50.8 Å². The second kappa shape index (κ2) is 9.03. The largest absolute Gasteiger partial charge is 0.378 e. The Morgan fingerprint density at radius 2 is 1.75 bits per heavy atom. The van der Waals surface area contributed by atoms with E-state index in [1.807, 2.05) is 0 Å². The normalized spacial score (nSPS) is 15.0. The summed E-state index contributed by atoms with van der Waals surface area (Å²) in [6.07, 6.45) is 0. The van der Waals surface area contributed by atoms with Crippen LogP contribution in [0.2, 0.25) is 0 Å². The molecular formula is C19H24IN3O. The van der Waals surface area contributed by atoms with Gasteiger partial charge in [0.05, 0.1) is 19.8 Å². The summed E-state index contributed by atoms with van der Waals surface area (Å²) >= 11 is 0. The van der Waals surface area contributed by atoms with Crippen molar-refractivity contribution in [3.8, 4) is 11.1 Å². The highest BCUT2D eigenvalue weighted by molar-refractivity contribution is 14.0. The molecule has 0 radical (unpaired) electrons. The molecule has 0 bridgehead atoms. The van der Waals surface area contributed by atoms with Gasteiger partial charge < -0.3 is 15.4 Å². The number of hydrogen-bond donors (Lipinski definition) is 1. The Hall–Kier alpha value is -1.60. The Morgan fingerprint density at radius 1 is 1.08 bits per heavy atom. The van der Waals surface area contributed by atoms with Crippen LogP contribution in [0.15, 0.2) is 53.5 Å². The van der Waals surface area contributed by atoms with E-state index < -0.39 is 0 Å².